The third-order valence-corrected chi connectivity index (χ3v) is 6.60. The van der Waals surface area contributed by atoms with E-state index in [1.54, 1.807) is 6.07 Å². The lowest BCUT2D eigenvalue weighted by molar-refractivity contribution is -0.146. The van der Waals surface area contributed by atoms with Gasteiger partial charge in [-0.25, -0.2) is 4.79 Å². The number of aliphatic carboxylic acids is 1. The fourth-order valence-electron chi connectivity index (χ4n) is 4.22. The van der Waals surface area contributed by atoms with E-state index in [0.29, 0.717) is 54.5 Å². The number of halogens is 1. The first kappa shape index (κ1) is 24.1. The molecule has 0 atom stereocenters. The molecule has 0 saturated heterocycles. The van der Waals surface area contributed by atoms with Crippen LogP contribution in [-0.2, 0) is 17.6 Å². The number of hydrogen-bond acceptors (Lipinski definition) is 4. The Morgan fingerprint density at radius 3 is 2.62 bits per heavy atom. The molecule has 2 N–H and O–H groups in total. The third-order valence-electron chi connectivity index (χ3n) is 6.36. The molecule has 1 heterocycles. The van der Waals surface area contributed by atoms with Crippen LogP contribution in [0.1, 0.15) is 67.6 Å². The minimum absolute atomic E-state index is 0.304. The number of rotatable bonds is 9. The first-order chi connectivity index (χ1) is 15.4. The van der Waals surface area contributed by atoms with Gasteiger partial charge in [0.05, 0.1) is 17.9 Å². The third kappa shape index (κ3) is 5.80. The van der Waals surface area contributed by atoms with Crippen LogP contribution in [0.3, 0.4) is 0 Å². The van der Waals surface area contributed by atoms with Crippen molar-refractivity contribution in [1.82, 2.24) is 10.3 Å². The average molecular weight is 459 g/mol. The molecule has 1 amide bonds. The molecule has 0 radical (unpaired) electrons. The number of pyridine rings is 1. The highest BCUT2D eigenvalue weighted by Gasteiger charge is 2.43. The van der Waals surface area contributed by atoms with Crippen LogP contribution in [0.5, 0.6) is 5.75 Å². The number of amides is 1. The first-order valence-corrected chi connectivity index (χ1v) is 11.7. The van der Waals surface area contributed by atoms with E-state index < -0.39 is 17.4 Å². The molecule has 0 unspecified atom stereocenters. The largest absolute Gasteiger partial charge is 0.491 e. The Bertz CT molecular complexity index is 955. The quantitative estimate of drug-likeness (QED) is 0.547. The Labute approximate surface area is 194 Å². The van der Waals surface area contributed by atoms with Crippen LogP contribution in [0.2, 0.25) is 5.02 Å². The predicted octanol–water partition coefficient (Wildman–Crippen LogP) is 5.07. The van der Waals surface area contributed by atoms with E-state index in [1.165, 1.54) is 6.20 Å². The van der Waals surface area contributed by atoms with E-state index in [2.05, 4.69) is 17.2 Å². The number of ether oxygens (including phenoxy) is 1. The van der Waals surface area contributed by atoms with E-state index in [4.69, 9.17) is 16.3 Å². The summed E-state index contributed by atoms with van der Waals surface area (Å²) < 4.78 is 5.95. The Kier molecular flexibility index (Phi) is 8.13. The van der Waals surface area contributed by atoms with Crippen molar-refractivity contribution < 1.29 is 19.4 Å². The molecular weight excluding hydrogens is 428 g/mol. The van der Waals surface area contributed by atoms with Crippen molar-refractivity contribution >= 4 is 23.5 Å². The molecule has 1 aromatic heterocycles. The number of aromatic nitrogens is 1. The first-order valence-electron chi connectivity index (χ1n) is 11.3. The molecule has 1 aromatic carbocycles. The van der Waals surface area contributed by atoms with Gasteiger partial charge in [0.25, 0.3) is 5.91 Å². The van der Waals surface area contributed by atoms with Gasteiger partial charge >= 0.3 is 5.97 Å². The zero-order valence-electron chi connectivity index (χ0n) is 18.7. The van der Waals surface area contributed by atoms with Crippen molar-refractivity contribution in [2.24, 2.45) is 5.92 Å². The van der Waals surface area contributed by atoms with Gasteiger partial charge in [0.1, 0.15) is 11.3 Å². The minimum Gasteiger partial charge on any atom is -0.491 e. The van der Waals surface area contributed by atoms with E-state index in [9.17, 15) is 14.7 Å². The lowest BCUT2D eigenvalue weighted by atomic mass is 9.75. The Hall–Kier alpha value is -2.60. The molecule has 1 aliphatic carbocycles. The molecule has 0 spiro atoms. The fraction of sp³-hybridized carbons (Fsp3) is 0.480. The number of nitrogens with one attached hydrogen (secondary N) is 1. The number of carbonyl (C=O) groups is 2. The van der Waals surface area contributed by atoms with Crippen LogP contribution >= 0.6 is 11.6 Å². The zero-order chi connectivity index (χ0) is 23.1. The molecule has 1 fully saturated rings. The molecule has 3 rings (SSSR count). The van der Waals surface area contributed by atoms with Gasteiger partial charge in [0, 0.05) is 17.6 Å². The van der Waals surface area contributed by atoms with Gasteiger partial charge in [-0.3, -0.25) is 9.78 Å². The maximum absolute atomic E-state index is 13.0. The smallest absolute Gasteiger partial charge is 0.329 e. The van der Waals surface area contributed by atoms with Crippen LogP contribution in [0.25, 0.3) is 0 Å². The topological polar surface area (TPSA) is 88.5 Å². The van der Waals surface area contributed by atoms with Crippen LogP contribution in [-0.4, -0.2) is 34.1 Å². The van der Waals surface area contributed by atoms with Gasteiger partial charge in [-0.1, -0.05) is 44.0 Å². The average Bonchev–Trinajstić information content (AvgIpc) is 2.79. The van der Waals surface area contributed by atoms with Crippen molar-refractivity contribution in [1.29, 1.82) is 0 Å². The van der Waals surface area contributed by atoms with Crippen molar-refractivity contribution in [3.8, 4) is 5.75 Å². The summed E-state index contributed by atoms with van der Waals surface area (Å²) in [6.07, 6.45) is 6.33. The summed E-state index contributed by atoms with van der Waals surface area (Å²) in [5, 5.41) is 13.3. The second-order valence-corrected chi connectivity index (χ2v) is 8.88. The lowest BCUT2D eigenvalue weighted by Crippen LogP contribution is -2.56. The second-order valence-electron chi connectivity index (χ2n) is 8.44. The Balaban J connectivity index is 1.70. The summed E-state index contributed by atoms with van der Waals surface area (Å²) in [6, 6.07) is 9.26. The molecule has 0 bridgehead atoms. The summed E-state index contributed by atoms with van der Waals surface area (Å²) in [4.78, 5) is 29.4. The van der Waals surface area contributed by atoms with Gasteiger partial charge in [-0.15, -0.1) is 0 Å². The van der Waals surface area contributed by atoms with Gasteiger partial charge in [0.15, 0.2) is 0 Å². The number of benzene rings is 1. The molecule has 2 aromatic rings. The number of carbonyl (C=O) groups excluding carboxylic acids is 1. The maximum Gasteiger partial charge on any atom is 0.329 e. The SMILES string of the molecule is CCc1ncc(C(=O)N[C@]2(C(=O)O)CC[C@H](CC)CC2)cc1OCCc1cccc(Cl)c1. The molecule has 1 aliphatic rings. The summed E-state index contributed by atoms with van der Waals surface area (Å²) in [6.45, 7) is 4.50. The number of hydrogen-bond donors (Lipinski definition) is 2. The summed E-state index contributed by atoms with van der Waals surface area (Å²) >= 11 is 6.04. The van der Waals surface area contributed by atoms with Crippen LogP contribution < -0.4 is 10.1 Å². The van der Waals surface area contributed by atoms with Crippen molar-refractivity contribution in [2.75, 3.05) is 6.61 Å². The highest BCUT2D eigenvalue weighted by atomic mass is 35.5. The second kappa shape index (κ2) is 10.8. The monoisotopic (exact) mass is 458 g/mol. The van der Waals surface area contributed by atoms with Crippen molar-refractivity contribution in [2.45, 2.75) is 64.3 Å². The van der Waals surface area contributed by atoms with Gasteiger partial charge in [-0.2, -0.15) is 0 Å². The molecule has 1 saturated carbocycles. The standard InChI is InChI=1S/C25H31ClN2O4/c1-3-17-8-11-25(12-9-17,24(30)31)28-23(29)19-15-22(21(4-2)27-16-19)32-13-10-18-6-5-7-20(26)14-18/h5-7,14-17H,3-4,8-13H2,1-2H3,(H,28,29)(H,30,31)/t17-,25+. The van der Waals surface area contributed by atoms with Gasteiger partial charge < -0.3 is 15.2 Å². The molecule has 172 valence electrons. The fourth-order valence-corrected chi connectivity index (χ4v) is 4.43. The van der Waals surface area contributed by atoms with Crippen molar-refractivity contribution in [3.63, 3.8) is 0 Å². The van der Waals surface area contributed by atoms with E-state index in [0.717, 1.165) is 30.5 Å². The minimum atomic E-state index is -1.22. The Morgan fingerprint density at radius 1 is 1.25 bits per heavy atom. The van der Waals surface area contributed by atoms with Crippen LogP contribution in [0.15, 0.2) is 36.5 Å². The normalized spacial score (nSPS) is 20.5. The summed E-state index contributed by atoms with van der Waals surface area (Å²) in [5.74, 6) is -0.348. The lowest BCUT2D eigenvalue weighted by Gasteiger charge is -2.37. The zero-order valence-corrected chi connectivity index (χ0v) is 19.5. The van der Waals surface area contributed by atoms with Crippen LogP contribution in [0, 0.1) is 5.92 Å². The number of aryl methyl sites for hydroxylation is 1. The van der Waals surface area contributed by atoms with E-state index >= 15 is 0 Å². The molecular formula is C25H31ClN2O4. The molecule has 7 heteroatoms. The molecule has 32 heavy (non-hydrogen) atoms. The highest BCUT2D eigenvalue weighted by molar-refractivity contribution is 6.30. The summed E-state index contributed by atoms with van der Waals surface area (Å²) in [7, 11) is 0. The van der Waals surface area contributed by atoms with Gasteiger partial charge in [0.2, 0.25) is 0 Å². The van der Waals surface area contributed by atoms with E-state index in [-0.39, 0.29) is 0 Å². The predicted molar refractivity (Wildman–Crippen MR) is 124 cm³/mol. The van der Waals surface area contributed by atoms with Gasteiger partial charge in [-0.05, 0) is 61.8 Å². The summed E-state index contributed by atoms with van der Waals surface area (Å²) in [5.41, 5.74) is 0.894. The molecule has 0 aliphatic heterocycles. The van der Waals surface area contributed by atoms with Crippen LogP contribution in [0.4, 0.5) is 0 Å². The molecule has 6 nitrogen and oxygen atoms in total. The number of carboxylic acid groups (broad SMARTS) is 1. The maximum atomic E-state index is 13.0. The number of carboxylic acids is 1. The Morgan fingerprint density at radius 2 is 2.00 bits per heavy atom. The van der Waals surface area contributed by atoms with E-state index in [1.807, 2.05) is 31.2 Å². The number of nitrogens with zero attached hydrogens (tertiary/aromatic N) is 1. The van der Waals surface area contributed by atoms with Crippen molar-refractivity contribution in [3.05, 3.63) is 58.4 Å². The highest BCUT2D eigenvalue weighted by Crippen LogP contribution is 2.34.